The number of thiocarbonyl (C=S) groups is 1. The first kappa shape index (κ1) is 16.7. The van der Waals surface area contributed by atoms with Gasteiger partial charge in [0.05, 0.1) is 12.2 Å². The van der Waals surface area contributed by atoms with Gasteiger partial charge in [-0.1, -0.05) is 18.2 Å². The average molecular weight is 334 g/mol. The third kappa shape index (κ3) is 4.66. The van der Waals surface area contributed by atoms with Crippen LogP contribution in [0.25, 0.3) is 0 Å². The molecule has 0 aromatic heterocycles. The van der Waals surface area contributed by atoms with Crippen molar-refractivity contribution in [2.75, 3.05) is 31.6 Å². The lowest BCUT2D eigenvalue weighted by Crippen LogP contribution is -2.44. The molecule has 0 amide bonds. The molecule has 2 aliphatic heterocycles. The van der Waals surface area contributed by atoms with Gasteiger partial charge in [-0.3, -0.25) is 0 Å². The molecule has 126 valence electrons. The van der Waals surface area contributed by atoms with E-state index in [1.165, 1.54) is 5.56 Å². The molecule has 1 aromatic carbocycles. The topological polar surface area (TPSA) is 33.7 Å². The highest BCUT2D eigenvalue weighted by molar-refractivity contribution is 7.80. The van der Waals surface area contributed by atoms with E-state index in [1.54, 1.807) is 0 Å². The second-order valence-electron chi connectivity index (χ2n) is 6.42. The summed E-state index contributed by atoms with van der Waals surface area (Å²) in [4.78, 5) is 2.23. The van der Waals surface area contributed by atoms with Crippen LogP contribution >= 0.6 is 12.2 Å². The molecule has 1 N–H and O–H groups in total. The Labute approximate surface area is 144 Å². The molecule has 0 saturated carbocycles. The number of hydrogen-bond donors (Lipinski definition) is 1. The number of para-hydroxylation sites is 1. The SMILES string of the molecule is Cc1ccccc1NC(=S)N(C[C@H]1CCCO1)C[C@@H]1CCCO1. The van der Waals surface area contributed by atoms with Gasteiger partial charge in [0.25, 0.3) is 0 Å². The summed E-state index contributed by atoms with van der Waals surface area (Å²) in [6, 6.07) is 8.23. The first-order chi connectivity index (χ1) is 11.2. The van der Waals surface area contributed by atoms with Crippen molar-refractivity contribution in [3.63, 3.8) is 0 Å². The second-order valence-corrected chi connectivity index (χ2v) is 6.81. The van der Waals surface area contributed by atoms with Crippen LogP contribution in [0, 0.1) is 6.92 Å². The van der Waals surface area contributed by atoms with Crippen molar-refractivity contribution in [3.8, 4) is 0 Å². The van der Waals surface area contributed by atoms with E-state index in [-0.39, 0.29) is 12.2 Å². The number of nitrogens with one attached hydrogen (secondary N) is 1. The predicted octanol–water partition coefficient (Wildman–Crippen LogP) is 3.35. The normalized spacial score (nSPS) is 23.9. The average Bonchev–Trinajstić information content (AvgIpc) is 3.22. The number of rotatable bonds is 5. The Morgan fingerprint density at radius 3 is 2.26 bits per heavy atom. The van der Waals surface area contributed by atoms with Gasteiger partial charge in [0, 0.05) is 32.0 Å². The molecule has 0 aliphatic carbocycles. The molecule has 0 radical (unpaired) electrons. The van der Waals surface area contributed by atoms with E-state index in [2.05, 4.69) is 29.3 Å². The number of ether oxygens (including phenoxy) is 2. The minimum absolute atomic E-state index is 0.285. The Morgan fingerprint density at radius 1 is 1.13 bits per heavy atom. The van der Waals surface area contributed by atoms with Crippen molar-refractivity contribution in [2.24, 2.45) is 0 Å². The minimum atomic E-state index is 0.285. The summed E-state index contributed by atoms with van der Waals surface area (Å²) in [6.45, 7) is 5.53. The molecule has 1 aromatic rings. The molecule has 0 bridgehead atoms. The highest BCUT2D eigenvalue weighted by Gasteiger charge is 2.25. The fraction of sp³-hybridized carbons (Fsp3) is 0.611. The van der Waals surface area contributed by atoms with Crippen LogP contribution in [0.4, 0.5) is 5.69 Å². The summed E-state index contributed by atoms with van der Waals surface area (Å²) in [7, 11) is 0. The van der Waals surface area contributed by atoms with E-state index in [4.69, 9.17) is 21.7 Å². The first-order valence-electron chi connectivity index (χ1n) is 8.57. The molecule has 2 saturated heterocycles. The largest absolute Gasteiger partial charge is 0.376 e. The zero-order chi connectivity index (χ0) is 16.1. The van der Waals surface area contributed by atoms with E-state index >= 15 is 0 Å². The van der Waals surface area contributed by atoms with Crippen molar-refractivity contribution in [1.29, 1.82) is 0 Å². The highest BCUT2D eigenvalue weighted by Crippen LogP contribution is 2.19. The van der Waals surface area contributed by atoms with E-state index in [0.717, 1.165) is 62.8 Å². The van der Waals surface area contributed by atoms with Gasteiger partial charge in [0.1, 0.15) is 0 Å². The summed E-state index contributed by atoms with van der Waals surface area (Å²) in [5.41, 5.74) is 2.27. The quantitative estimate of drug-likeness (QED) is 0.835. The molecular weight excluding hydrogens is 308 g/mol. The lowest BCUT2D eigenvalue weighted by atomic mass is 10.2. The van der Waals surface area contributed by atoms with Gasteiger partial charge in [-0.25, -0.2) is 0 Å². The third-order valence-electron chi connectivity index (χ3n) is 4.57. The maximum atomic E-state index is 5.80. The number of nitrogens with zero attached hydrogens (tertiary/aromatic N) is 1. The lowest BCUT2D eigenvalue weighted by Gasteiger charge is -2.30. The second kappa shape index (κ2) is 8.08. The van der Waals surface area contributed by atoms with Gasteiger partial charge in [-0.05, 0) is 56.5 Å². The van der Waals surface area contributed by atoms with E-state index in [1.807, 2.05) is 12.1 Å². The van der Waals surface area contributed by atoms with Crippen LogP contribution in [0.1, 0.15) is 31.2 Å². The molecule has 5 heteroatoms. The van der Waals surface area contributed by atoms with Crippen molar-refractivity contribution in [1.82, 2.24) is 4.90 Å². The van der Waals surface area contributed by atoms with Crippen LogP contribution in [-0.2, 0) is 9.47 Å². The minimum Gasteiger partial charge on any atom is -0.376 e. The van der Waals surface area contributed by atoms with Crippen molar-refractivity contribution in [2.45, 2.75) is 44.8 Å². The van der Waals surface area contributed by atoms with E-state index in [9.17, 15) is 0 Å². The number of anilines is 1. The van der Waals surface area contributed by atoms with Crippen LogP contribution in [-0.4, -0.2) is 48.5 Å². The highest BCUT2D eigenvalue weighted by atomic mass is 32.1. The molecule has 4 nitrogen and oxygen atoms in total. The van der Waals surface area contributed by atoms with Gasteiger partial charge in [-0.15, -0.1) is 0 Å². The Hall–Kier alpha value is -1.17. The van der Waals surface area contributed by atoms with Crippen molar-refractivity contribution < 1.29 is 9.47 Å². The first-order valence-corrected chi connectivity index (χ1v) is 8.98. The van der Waals surface area contributed by atoms with Crippen LogP contribution in [0.15, 0.2) is 24.3 Å². The molecule has 2 atom stereocenters. The molecule has 2 fully saturated rings. The Morgan fingerprint density at radius 2 is 1.74 bits per heavy atom. The Bertz CT molecular complexity index is 508. The van der Waals surface area contributed by atoms with Gasteiger partial charge < -0.3 is 19.7 Å². The van der Waals surface area contributed by atoms with Crippen LogP contribution in [0.3, 0.4) is 0 Å². The van der Waals surface area contributed by atoms with Crippen LogP contribution < -0.4 is 5.32 Å². The molecule has 2 aliphatic rings. The zero-order valence-corrected chi connectivity index (χ0v) is 14.6. The molecule has 23 heavy (non-hydrogen) atoms. The number of benzene rings is 1. The molecule has 0 unspecified atom stereocenters. The van der Waals surface area contributed by atoms with Gasteiger partial charge in [-0.2, -0.15) is 0 Å². The molecule has 3 rings (SSSR count). The molecule has 0 spiro atoms. The third-order valence-corrected chi connectivity index (χ3v) is 4.93. The molecule has 2 heterocycles. The Kier molecular flexibility index (Phi) is 5.86. The van der Waals surface area contributed by atoms with E-state index in [0.29, 0.717) is 0 Å². The maximum absolute atomic E-state index is 5.80. The monoisotopic (exact) mass is 334 g/mol. The predicted molar refractivity (Wildman–Crippen MR) is 96.9 cm³/mol. The number of aryl methyl sites for hydroxylation is 1. The summed E-state index contributed by atoms with van der Waals surface area (Å²) in [5.74, 6) is 0. The zero-order valence-electron chi connectivity index (χ0n) is 13.8. The fourth-order valence-corrected chi connectivity index (χ4v) is 3.48. The van der Waals surface area contributed by atoms with Crippen LogP contribution in [0.5, 0.6) is 0 Å². The van der Waals surface area contributed by atoms with Crippen molar-refractivity contribution >= 4 is 23.0 Å². The van der Waals surface area contributed by atoms with E-state index < -0.39 is 0 Å². The smallest absolute Gasteiger partial charge is 0.173 e. The fourth-order valence-electron chi connectivity index (χ4n) is 3.22. The van der Waals surface area contributed by atoms with Crippen molar-refractivity contribution in [3.05, 3.63) is 29.8 Å². The standard InChI is InChI=1S/C18H26N2O2S/c1-14-6-2-3-9-17(14)19-18(23)20(12-15-7-4-10-21-15)13-16-8-5-11-22-16/h2-3,6,9,15-16H,4-5,7-8,10-13H2,1H3,(H,19,23)/t15-,16+. The van der Waals surface area contributed by atoms with Gasteiger partial charge in [0.2, 0.25) is 0 Å². The summed E-state index contributed by atoms with van der Waals surface area (Å²) < 4.78 is 11.6. The summed E-state index contributed by atoms with van der Waals surface area (Å²) >= 11 is 5.69. The summed E-state index contributed by atoms with van der Waals surface area (Å²) in [5, 5.41) is 4.17. The molecular formula is C18H26N2O2S. The maximum Gasteiger partial charge on any atom is 0.173 e. The van der Waals surface area contributed by atoms with Crippen LogP contribution in [0.2, 0.25) is 0 Å². The number of hydrogen-bond acceptors (Lipinski definition) is 3. The Balaban J connectivity index is 1.65. The van der Waals surface area contributed by atoms with Gasteiger partial charge >= 0.3 is 0 Å². The summed E-state index contributed by atoms with van der Waals surface area (Å²) in [6.07, 6.45) is 5.11. The van der Waals surface area contributed by atoms with Gasteiger partial charge in [0.15, 0.2) is 5.11 Å². The lowest BCUT2D eigenvalue weighted by molar-refractivity contribution is 0.0619.